The van der Waals surface area contributed by atoms with Crippen molar-refractivity contribution in [2.45, 2.75) is 25.5 Å². The van der Waals surface area contributed by atoms with Crippen molar-refractivity contribution in [3.63, 3.8) is 0 Å². The van der Waals surface area contributed by atoms with Crippen LogP contribution in [0, 0.1) is 5.82 Å². The largest absolute Gasteiger partial charge is 0.377 e. The molecule has 1 unspecified atom stereocenters. The van der Waals surface area contributed by atoms with E-state index in [0.717, 1.165) is 25.0 Å². The molecule has 0 saturated carbocycles. The molecule has 1 atom stereocenters. The molecule has 1 aliphatic rings. The molecular formula is C22H23ClFN5O2. The highest BCUT2D eigenvalue weighted by Crippen LogP contribution is 2.24. The minimum absolute atomic E-state index is 0.0678. The SMILES string of the molecule is O=C(CN(Cc1cccc(F)c1)CC1CCCO1)Nc1cc(Cl)ccc1-n1cncn1. The number of nitrogens with one attached hydrogen (secondary N) is 1. The lowest BCUT2D eigenvalue weighted by molar-refractivity contribution is -0.117. The average Bonchev–Trinajstić information content (AvgIpc) is 3.42. The smallest absolute Gasteiger partial charge is 0.238 e. The van der Waals surface area contributed by atoms with Gasteiger partial charge in [0.05, 0.1) is 24.0 Å². The van der Waals surface area contributed by atoms with Crippen molar-refractivity contribution >= 4 is 23.2 Å². The van der Waals surface area contributed by atoms with Gasteiger partial charge in [0, 0.05) is 24.7 Å². The van der Waals surface area contributed by atoms with Crippen LogP contribution in [-0.2, 0) is 16.1 Å². The molecule has 31 heavy (non-hydrogen) atoms. The van der Waals surface area contributed by atoms with E-state index < -0.39 is 0 Å². The van der Waals surface area contributed by atoms with Crippen LogP contribution in [-0.4, -0.2) is 51.4 Å². The Morgan fingerprint density at radius 2 is 2.23 bits per heavy atom. The third-order valence-corrected chi connectivity index (χ3v) is 5.28. The molecular weight excluding hydrogens is 421 g/mol. The summed E-state index contributed by atoms with van der Waals surface area (Å²) >= 11 is 6.14. The van der Waals surface area contributed by atoms with Gasteiger partial charge in [-0.15, -0.1) is 0 Å². The number of nitrogens with zero attached hydrogens (tertiary/aromatic N) is 4. The third-order valence-electron chi connectivity index (χ3n) is 5.05. The van der Waals surface area contributed by atoms with Gasteiger partial charge >= 0.3 is 0 Å². The predicted octanol–water partition coefficient (Wildman–Crippen LogP) is 3.68. The number of benzene rings is 2. The molecule has 3 aromatic rings. The van der Waals surface area contributed by atoms with Crippen LogP contribution in [0.25, 0.3) is 5.69 Å². The number of amides is 1. The Morgan fingerprint density at radius 3 is 2.97 bits per heavy atom. The summed E-state index contributed by atoms with van der Waals surface area (Å²) in [6.07, 6.45) is 4.99. The molecule has 7 nitrogen and oxygen atoms in total. The van der Waals surface area contributed by atoms with Gasteiger partial charge in [-0.25, -0.2) is 14.1 Å². The summed E-state index contributed by atoms with van der Waals surface area (Å²) in [4.78, 5) is 18.9. The maximum Gasteiger partial charge on any atom is 0.238 e. The van der Waals surface area contributed by atoms with E-state index in [2.05, 4.69) is 15.4 Å². The van der Waals surface area contributed by atoms with Crippen LogP contribution >= 0.6 is 11.6 Å². The molecule has 9 heteroatoms. The first-order chi connectivity index (χ1) is 15.1. The third kappa shape index (κ3) is 5.88. The molecule has 0 radical (unpaired) electrons. The van der Waals surface area contributed by atoms with E-state index in [1.807, 2.05) is 11.0 Å². The fourth-order valence-electron chi connectivity index (χ4n) is 3.69. The molecule has 2 heterocycles. The first kappa shape index (κ1) is 21.4. The van der Waals surface area contributed by atoms with Gasteiger partial charge in [-0.2, -0.15) is 5.10 Å². The summed E-state index contributed by atoms with van der Waals surface area (Å²) in [5, 5.41) is 7.55. The number of carbonyl (C=O) groups excluding carboxylic acids is 1. The van der Waals surface area contributed by atoms with E-state index in [1.54, 1.807) is 35.3 Å². The zero-order chi connectivity index (χ0) is 21.6. The lowest BCUT2D eigenvalue weighted by Crippen LogP contribution is -2.38. The minimum Gasteiger partial charge on any atom is -0.377 e. The average molecular weight is 444 g/mol. The number of hydrogen-bond acceptors (Lipinski definition) is 5. The van der Waals surface area contributed by atoms with Gasteiger partial charge < -0.3 is 10.1 Å². The van der Waals surface area contributed by atoms with Crippen LogP contribution in [0.1, 0.15) is 18.4 Å². The summed E-state index contributed by atoms with van der Waals surface area (Å²) in [6, 6.07) is 11.6. The van der Waals surface area contributed by atoms with Crippen molar-refractivity contribution in [1.82, 2.24) is 19.7 Å². The molecule has 0 spiro atoms. The second-order valence-electron chi connectivity index (χ2n) is 7.48. The maximum atomic E-state index is 13.6. The number of ether oxygens (including phenoxy) is 1. The molecule has 2 aromatic carbocycles. The highest BCUT2D eigenvalue weighted by Gasteiger charge is 2.22. The molecule has 1 N–H and O–H groups in total. The number of rotatable bonds is 8. The van der Waals surface area contributed by atoms with Crippen LogP contribution in [0.3, 0.4) is 0 Å². The maximum absolute atomic E-state index is 13.6. The van der Waals surface area contributed by atoms with Gasteiger partial charge in [-0.1, -0.05) is 23.7 Å². The van der Waals surface area contributed by atoms with Gasteiger partial charge in [0.15, 0.2) is 0 Å². The fraction of sp³-hybridized carbons (Fsp3) is 0.318. The number of carbonyl (C=O) groups is 1. The van der Waals surface area contributed by atoms with Crippen LogP contribution in [0.15, 0.2) is 55.1 Å². The van der Waals surface area contributed by atoms with E-state index in [0.29, 0.717) is 29.5 Å². The van der Waals surface area contributed by atoms with E-state index in [4.69, 9.17) is 16.3 Å². The lowest BCUT2D eigenvalue weighted by Gasteiger charge is -2.25. The van der Waals surface area contributed by atoms with Gasteiger partial charge in [-0.3, -0.25) is 9.69 Å². The summed E-state index contributed by atoms with van der Waals surface area (Å²) in [5.41, 5.74) is 1.99. The summed E-state index contributed by atoms with van der Waals surface area (Å²) in [6.45, 7) is 1.89. The Hall–Kier alpha value is -2.81. The summed E-state index contributed by atoms with van der Waals surface area (Å²) in [7, 11) is 0. The molecule has 0 aliphatic carbocycles. The van der Waals surface area contributed by atoms with Crippen molar-refractivity contribution in [1.29, 1.82) is 0 Å². The second kappa shape index (κ2) is 10.00. The Balaban J connectivity index is 1.49. The summed E-state index contributed by atoms with van der Waals surface area (Å²) < 4.78 is 20.9. The standard InChI is InChI=1S/C22H23ClFN5O2/c23-17-6-7-21(29-15-25-14-26-29)20(10-17)27-22(30)13-28(12-19-5-2-8-31-19)11-16-3-1-4-18(24)9-16/h1,3-4,6-7,9-10,14-15,19H,2,5,8,11-13H2,(H,27,30). The van der Waals surface area contributed by atoms with E-state index in [9.17, 15) is 9.18 Å². The molecule has 1 saturated heterocycles. The monoisotopic (exact) mass is 443 g/mol. The fourth-order valence-corrected chi connectivity index (χ4v) is 3.86. The topological polar surface area (TPSA) is 72.3 Å². The Morgan fingerprint density at radius 1 is 1.32 bits per heavy atom. The van der Waals surface area contributed by atoms with Crippen molar-refractivity contribution < 1.29 is 13.9 Å². The van der Waals surface area contributed by atoms with E-state index in [1.165, 1.54) is 18.5 Å². The lowest BCUT2D eigenvalue weighted by atomic mass is 10.1. The molecule has 4 rings (SSSR count). The first-order valence-electron chi connectivity index (χ1n) is 10.1. The van der Waals surface area contributed by atoms with E-state index in [-0.39, 0.29) is 24.4 Å². The number of anilines is 1. The summed E-state index contributed by atoms with van der Waals surface area (Å²) in [5.74, 6) is -0.506. The highest BCUT2D eigenvalue weighted by molar-refractivity contribution is 6.31. The van der Waals surface area contributed by atoms with Crippen molar-refractivity contribution in [2.24, 2.45) is 0 Å². The quantitative estimate of drug-likeness (QED) is 0.575. The Kier molecular flexibility index (Phi) is 6.91. The Bertz CT molecular complexity index is 1020. The van der Waals surface area contributed by atoms with Crippen LogP contribution in [0.4, 0.5) is 10.1 Å². The highest BCUT2D eigenvalue weighted by atomic mass is 35.5. The number of halogens is 2. The molecule has 1 aliphatic heterocycles. The van der Waals surface area contributed by atoms with Crippen molar-refractivity contribution in [3.05, 3.63) is 71.5 Å². The van der Waals surface area contributed by atoms with Crippen LogP contribution < -0.4 is 5.32 Å². The minimum atomic E-state index is -0.296. The van der Waals surface area contributed by atoms with Gasteiger partial charge in [0.25, 0.3) is 0 Å². The molecule has 162 valence electrons. The van der Waals surface area contributed by atoms with Gasteiger partial charge in [0.1, 0.15) is 18.5 Å². The zero-order valence-electron chi connectivity index (χ0n) is 16.9. The van der Waals surface area contributed by atoms with Crippen LogP contribution in [0.2, 0.25) is 5.02 Å². The van der Waals surface area contributed by atoms with Gasteiger partial charge in [0.2, 0.25) is 5.91 Å². The van der Waals surface area contributed by atoms with Crippen LogP contribution in [0.5, 0.6) is 0 Å². The van der Waals surface area contributed by atoms with Gasteiger partial charge in [-0.05, 0) is 48.7 Å². The number of hydrogen-bond donors (Lipinski definition) is 1. The van der Waals surface area contributed by atoms with Crippen molar-refractivity contribution in [2.75, 3.05) is 25.0 Å². The molecule has 1 amide bonds. The molecule has 1 fully saturated rings. The zero-order valence-corrected chi connectivity index (χ0v) is 17.6. The molecule has 0 bridgehead atoms. The van der Waals surface area contributed by atoms with Crippen molar-refractivity contribution in [3.8, 4) is 5.69 Å². The Labute approximate surface area is 184 Å². The first-order valence-corrected chi connectivity index (χ1v) is 10.5. The molecule has 1 aromatic heterocycles. The number of aromatic nitrogens is 3. The normalized spacial score (nSPS) is 16.0. The van der Waals surface area contributed by atoms with E-state index >= 15 is 0 Å². The predicted molar refractivity (Wildman–Crippen MR) is 116 cm³/mol. The second-order valence-corrected chi connectivity index (χ2v) is 7.92.